The zero-order valence-corrected chi connectivity index (χ0v) is 20.2. The van der Waals surface area contributed by atoms with Crippen LogP contribution in [-0.2, 0) is 0 Å². The second kappa shape index (κ2) is 9.10. The van der Waals surface area contributed by atoms with Crippen molar-refractivity contribution in [2.75, 3.05) is 0 Å². The van der Waals surface area contributed by atoms with Crippen LogP contribution in [0.4, 0.5) is 8.78 Å². The van der Waals surface area contributed by atoms with Gasteiger partial charge in [0.15, 0.2) is 0 Å². The van der Waals surface area contributed by atoms with E-state index in [0.29, 0.717) is 11.1 Å². The molecule has 0 atom stereocenters. The van der Waals surface area contributed by atoms with E-state index >= 15 is 0 Å². The summed E-state index contributed by atoms with van der Waals surface area (Å²) >= 11 is 1.18. The average Bonchev–Trinajstić information content (AvgIpc) is 3.39. The normalized spacial score (nSPS) is 11.2. The number of fused-ring (bicyclic) bond motifs is 1. The Balaban J connectivity index is 1.35. The monoisotopic (exact) mass is 490 g/mol. The molecule has 6 aromatic rings. The SMILES string of the molecule is Cc1ccc(-c2ccc(-c3ccc(-c4ccc(-c5ccccc5F)cc4)c4nsnc34)cc2)c(F)c1. The van der Waals surface area contributed by atoms with E-state index in [-0.39, 0.29) is 11.6 Å². The van der Waals surface area contributed by atoms with E-state index in [1.165, 1.54) is 17.8 Å². The summed E-state index contributed by atoms with van der Waals surface area (Å²) in [5.74, 6) is -0.462. The minimum Gasteiger partial charge on any atom is -0.206 e. The van der Waals surface area contributed by atoms with Gasteiger partial charge >= 0.3 is 0 Å². The van der Waals surface area contributed by atoms with E-state index < -0.39 is 0 Å². The number of aryl methyl sites for hydroxylation is 1. The quantitative estimate of drug-likeness (QED) is 0.246. The maximum atomic E-state index is 14.4. The van der Waals surface area contributed by atoms with Gasteiger partial charge in [-0.25, -0.2) is 8.78 Å². The van der Waals surface area contributed by atoms with Crippen LogP contribution in [0.5, 0.6) is 0 Å². The van der Waals surface area contributed by atoms with Gasteiger partial charge in [-0.1, -0.05) is 91.0 Å². The minimum absolute atomic E-state index is 0.223. The van der Waals surface area contributed by atoms with E-state index in [4.69, 9.17) is 0 Å². The third-order valence-corrected chi connectivity index (χ3v) is 6.96. The zero-order chi connectivity index (χ0) is 24.6. The Hall–Kier alpha value is -4.22. The van der Waals surface area contributed by atoms with Gasteiger partial charge in [-0.05, 0) is 46.9 Å². The Bertz CT molecular complexity index is 1700. The van der Waals surface area contributed by atoms with Gasteiger partial charge < -0.3 is 0 Å². The van der Waals surface area contributed by atoms with Crippen LogP contribution < -0.4 is 0 Å². The first-order valence-electron chi connectivity index (χ1n) is 11.6. The molecular formula is C31H20F2N2S. The standard InChI is InChI=1S/C31H20F2N2S/c1-19-6-15-25(29(33)18-19)21-9-13-23(14-10-21)27-17-16-26(30-31(27)35-36-34-30)22-11-7-20(8-12-22)24-4-2-3-5-28(24)32/h2-18H,1H3. The Morgan fingerprint density at radius 3 is 1.44 bits per heavy atom. The minimum atomic E-state index is -0.239. The zero-order valence-electron chi connectivity index (χ0n) is 19.4. The summed E-state index contributed by atoms with van der Waals surface area (Å²) in [6.45, 7) is 1.88. The van der Waals surface area contributed by atoms with Gasteiger partial charge in [-0.3, -0.25) is 0 Å². The first-order chi connectivity index (χ1) is 17.6. The first kappa shape index (κ1) is 22.3. The molecule has 0 unspecified atom stereocenters. The summed E-state index contributed by atoms with van der Waals surface area (Å²) in [7, 11) is 0. The van der Waals surface area contributed by atoms with Gasteiger partial charge in [0, 0.05) is 22.3 Å². The highest BCUT2D eigenvalue weighted by atomic mass is 32.1. The van der Waals surface area contributed by atoms with Gasteiger partial charge in [0.05, 0.1) is 11.7 Å². The maximum Gasteiger partial charge on any atom is 0.131 e. The fourth-order valence-electron chi connectivity index (χ4n) is 4.54. The van der Waals surface area contributed by atoms with Crippen LogP contribution in [0.25, 0.3) is 55.5 Å². The van der Waals surface area contributed by atoms with Crippen LogP contribution in [0.15, 0.2) is 103 Å². The Morgan fingerprint density at radius 1 is 0.500 bits per heavy atom. The summed E-state index contributed by atoms with van der Waals surface area (Å²) in [6.07, 6.45) is 0. The highest BCUT2D eigenvalue weighted by Gasteiger charge is 2.14. The Labute approximate surface area is 211 Å². The molecule has 36 heavy (non-hydrogen) atoms. The summed E-state index contributed by atoms with van der Waals surface area (Å²) in [5.41, 5.74) is 9.29. The third-order valence-electron chi connectivity index (χ3n) is 6.43. The molecule has 1 aromatic heterocycles. The molecule has 0 bridgehead atoms. The molecule has 0 fully saturated rings. The smallest absolute Gasteiger partial charge is 0.131 e. The molecule has 2 nitrogen and oxygen atoms in total. The van der Waals surface area contributed by atoms with E-state index in [0.717, 1.165) is 50.0 Å². The van der Waals surface area contributed by atoms with Crippen LogP contribution >= 0.6 is 11.7 Å². The van der Waals surface area contributed by atoms with Crippen molar-refractivity contribution in [3.05, 3.63) is 120 Å². The highest BCUT2D eigenvalue weighted by molar-refractivity contribution is 7.00. The van der Waals surface area contributed by atoms with Crippen molar-refractivity contribution in [1.29, 1.82) is 0 Å². The molecule has 6 rings (SSSR count). The molecule has 5 heteroatoms. The number of halogens is 2. The maximum absolute atomic E-state index is 14.4. The number of hydrogen-bond donors (Lipinski definition) is 0. The number of benzene rings is 5. The fraction of sp³-hybridized carbons (Fsp3) is 0.0323. The third kappa shape index (κ3) is 3.97. The molecule has 0 aliphatic heterocycles. The predicted octanol–water partition coefficient (Wildman–Crippen LogP) is 8.95. The van der Waals surface area contributed by atoms with Crippen molar-refractivity contribution in [3.63, 3.8) is 0 Å². The molecule has 5 aromatic carbocycles. The molecule has 0 saturated heterocycles. The summed E-state index contributed by atoms with van der Waals surface area (Å²) in [5, 5.41) is 0. The van der Waals surface area contributed by atoms with Crippen molar-refractivity contribution in [1.82, 2.24) is 8.75 Å². The first-order valence-corrected chi connectivity index (χ1v) is 12.3. The molecule has 0 saturated carbocycles. The average molecular weight is 491 g/mol. The van der Waals surface area contributed by atoms with Crippen molar-refractivity contribution < 1.29 is 8.78 Å². The molecule has 0 radical (unpaired) electrons. The Kier molecular flexibility index (Phi) is 5.62. The van der Waals surface area contributed by atoms with Crippen molar-refractivity contribution in [2.24, 2.45) is 0 Å². The van der Waals surface area contributed by atoms with Crippen molar-refractivity contribution >= 4 is 22.8 Å². The molecule has 174 valence electrons. The van der Waals surface area contributed by atoms with Gasteiger partial charge in [0.2, 0.25) is 0 Å². The lowest BCUT2D eigenvalue weighted by molar-refractivity contribution is 0.630. The number of aromatic nitrogens is 2. The van der Waals surface area contributed by atoms with Gasteiger partial charge in [-0.2, -0.15) is 8.75 Å². The van der Waals surface area contributed by atoms with Crippen LogP contribution in [0.3, 0.4) is 0 Å². The molecule has 0 aliphatic carbocycles. The van der Waals surface area contributed by atoms with E-state index in [1.54, 1.807) is 18.2 Å². The van der Waals surface area contributed by atoms with Crippen molar-refractivity contribution in [3.8, 4) is 44.5 Å². The molecular weight excluding hydrogens is 470 g/mol. The highest BCUT2D eigenvalue weighted by Crippen LogP contribution is 2.36. The number of nitrogens with zero attached hydrogens (tertiary/aromatic N) is 2. The molecule has 0 amide bonds. The number of rotatable bonds is 4. The fourth-order valence-corrected chi connectivity index (χ4v) is 5.11. The molecule has 1 heterocycles. The molecule has 0 spiro atoms. The van der Waals surface area contributed by atoms with E-state index in [1.807, 2.05) is 85.8 Å². The molecule has 0 N–H and O–H groups in total. The Morgan fingerprint density at radius 2 is 0.944 bits per heavy atom. The van der Waals surface area contributed by atoms with Gasteiger partial charge in [0.25, 0.3) is 0 Å². The summed E-state index contributed by atoms with van der Waals surface area (Å²) < 4.78 is 37.8. The van der Waals surface area contributed by atoms with Gasteiger partial charge in [-0.15, -0.1) is 0 Å². The lowest BCUT2D eigenvalue weighted by atomic mass is 9.95. The van der Waals surface area contributed by atoms with Crippen LogP contribution in [0, 0.1) is 18.6 Å². The summed E-state index contributed by atoms with van der Waals surface area (Å²) in [6, 6.07) is 31.8. The summed E-state index contributed by atoms with van der Waals surface area (Å²) in [4.78, 5) is 0. The van der Waals surface area contributed by atoms with Gasteiger partial charge in [0.1, 0.15) is 22.7 Å². The largest absolute Gasteiger partial charge is 0.206 e. The van der Waals surface area contributed by atoms with E-state index in [2.05, 4.69) is 8.75 Å². The predicted molar refractivity (Wildman–Crippen MR) is 144 cm³/mol. The van der Waals surface area contributed by atoms with Crippen LogP contribution in [0.2, 0.25) is 0 Å². The lowest BCUT2D eigenvalue weighted by Crippen LogP contribution is -1.88. The van der Waals surface area contributed by atoms with Crippen LogP contribution in [0.1, 0.15) is 5.56 Å². The topological polar surface area (TPSA) is 25.8 Å². The van der Waals surface area contributed by atoms with Crippen molar-refractivity contribution in [2.45, 2.75) is 6.92 Å². The lowest BCUT2D eigenvalue weighted by Gasteiger charge is -2.10. The second-order valence-electron chi connectivity index (χ2n) is 8.74. The molecule has 0 aliphatic rings. The van der Waals surface area contributed by atoms with Crippen LogP contribution in [-0.4, -0.2) is 8.75 Å². The van der Waals surface area contributed by atoms with E-state index in [9.17, 15) is 8.78 Å². The second-order valence-corrected chi connectivity index (χ2v) is 9.27. The number of hydrogen-bond acceptors (Lipinski definition) is 3.